The van der Waals surface area contributed by atoms with Crippen LogP contribution in [0.5, 0.6) is 0 Å². The van der Waals surface area contributed by atoms with E-state index in [4.69, 9.17) is 0 Å². The largest absolute Gasteiger partial charge is 0.416 e. The van der Waals surface area contributed by atoms with Crippen molar-refractivity contribution in [2.75, 3.05) is 25.0 Å². The van der Waals surface area contributed by atoms with Crippen LogP contribution in [0.25, 0.3) is 0 Å². The summed E-state index contributed by atoms with van der Waals surface area (Å²) in [7, 11) is -3.60. The normalized spacial score (nSPS) is 18.3. The molecule has 1 saturated carbocycles. The summed E-state index contributed by atoms with van der Waals surface area (Å²) in [5, 5.41) is 2.63. The minimum absolute atomic E-state index is 0.0324. The van der Waals surface area contributed by atoms with Crippen molar-refractivity contribution < 1.29 is 26.4 Å². The van der Waals surface area contributed by atoms with Crippen molar-refractivity contribution in [1.29, 1.82) is 0 Å². The van der Waals surface area contributed by atoms with Crippen LogP contribution in [0.2, 0.25) is 0 Å². The molecule has 0 spiro atoms. The average molecular weight is 496 g/mol. The predicted octanol–water partition coefficient (Wildman–Crippen LogP) is 4.27. The fourth-order valence-corrected chi connectivity index (χ4v) is 6.43. The number of benzene rings is 2. The van der Waals surface area contributed by atoms with Gasteiger partial charge in [-0.25, -0.2) is 8.42 Å². The van der Waals surface area contributed by atoms with Gasteiger partial charge >= 0.3 is 6.18 Å². The molecule has 1 N–H and O–H groups in total. The highest BCUT2D eigenvalue weighted by Gasteiger charge is 2.43. The summed E-state index contributed by atoms with van der Waals surface area (Å²) >= 11 is 0. The highest BCUT2D eigenvalue weighted by Crippen LogP contribution is 2.37. The summed E-state index contributed by atoms with van der Waals surface area (Å²) in [6.07, 6.45) is -1.46. The molecule has 1 saturated heterocycles. The molecule has 4 rings (SSSR count). The number of piperidine rings is 1. The first-order chi connectivity index (χ1) is 16.0. The van der Waals surface area contributed by atoms with Crippen LogP contribution in [-0.2, 0) is 21.0 Å². The van der Waals surface area contributed by atoms with E-state index in [0.29, 0.717) is 36.5 Å². The van der Waals surface area contributed by atoms with Gasteiger partial charge in [-0.15, -0.1) is 0 Å². The van der Waals surface area contributed by atoms with Gasteiger partial charge in [-0.2, -0.15) is 17.5 Å². The number of sulfonamides is 1. The predicted molar refractivity (Wildman–Crippen MR) is 123 cm³/mol. The third-order valence-electron chi connectivity index (χ3n) is 6.25. The van der Waals surface area contributed by atoms with Crippen molar-refractivity contribution in [3.63, 3.8) is 0 Å². The lowest BCUT2D eigenvalue weighted by molar-refractivity contribution is -0.137. The first-order valence-corrected chi connectivity index (χ1v) is 12.8. The molecule has 2 fully saturated rings. The van der Waals surface area contributed by atoms with Crippen LogP contribution in [0.4, 0.5) is 18.9 Å². The Bertz CT molecular complexity index is 1120. The molecule has 1 aliphatic heterocycles. The van der Waals surface area contributed by atoms with Crippen LogP contribution >= 0.6 is 0 Å². The Morgan fingerprint density at radius 2 is 1.65 bits per heavy atom. The summed E-state index contributed by atoms with van der Waals surface area (Å²) in [6.45, 7) is 3.10. The van der Waals surface area contributed by atoms with E-state index in [0.717, 1.165) is 30.5 Å². The average Bonchev–Trinajstić information content (AvgIpc) is 3.59. The smallest absolute Gasteiger partial charge is 0.325 e. The maximum atomic E-state index is 13.4. The SMILES string of the molecule is Cc1cccc(S(=O)(=O)N(C2CC2)C2CCN(CC(=O)Nc3ccc(C(F)(F)F)cc3)CC2)c1. The number of amides is 1. The number of anilines is 1. The minimum atomic E-state index is -4.42. The third-order valence-corrected chi connectivity index (χ3v) is 8.25. The van der Waals surface area contributed by atoms with Gasteiger partial charge in [-0.05, 0) is 74.6 Å². The van der Waals surface area contributed by atoms with Gasteiger partial charge in [0.15, 0.2) is 0 Å². The molecule has 1 amide bonds. The molecule has 0 aromatic heterocycles. The van der Waals surface area contributed by atoms with E-state index in [2.05, 4.69) is 5.32 Å². The maximum Gasteiger partial charge on any atom is 0.416 e. The number of rotatable bonds is 7. The van der Waals surface area contributed by atoms with Gasteiger partial charge in [0.25, 0.3) is 0 Å². The van der Waals surface area contributed by atoms with E-state index >= 15 is 0 Å². The minimum Gasteiger partial charge on any atom is -0.325 e. The van der Waals surface area contributed by atoms with Gasteiger partial charge < -0.3 is 5.32 Å². The zero-order valence-electron chi connectivity index (χ0n) is 18.9. The molecule has 0 radical (unpaired) electrons. The van der Waals surface area contributed by atoms with Crippen LogP contribution in [0, 0.1) is 6.92 Å². The number of halogens is 3. The lowest BCUT2D eigenvalue weighted by atomic mass is 10.0. The summed E-state index contributed by atoms with van der Waals surface area (Å²) in [5.41, 5.74) is 0.427. The van der Waals surface area contributed by atoms with Crippen molar-refractivity contribution >= 4 is 21.6 Å². The van der Waals surface area contributed by atoms with Gasteiger partial charge in [0.2, 0.25) is 15.9 Å². The molecule has 0 unspecified atom stereocenters. The van der Waals surface area contributed by atoms with Crippen molar-refractivity contribution in [1.82, 2.24) is 9.21 Å². The van der Waals surface area contributed by atoms with E-state index < -0.39 is 21.8 Å². The van der Waals surface area contributed by atoms with Gasteiger partial charge in [-0.1, -0.05) is 12.1 Å². The van der Waals surface area contributed by atoms with E-state index in [-0.39, 0.29) is 24.5 Å². The Labute approximate surface area is 197 Å². The number of alkyl halides is 3. The van der Waals surface area contributed by atoms with Crippen molar-refractivity contribution in [2.24, 2.45) is 0 Å². The van der Waals surface area contributed by atoms with Gasteiger partial charge in [-0.3, -0.25) is 9.69 Å². The first-order valence-electron chi connectivity index (χ1n) is 11.3. The maximum absolute atomic E-state index is 13.4. The zero-order valence-corrected chi connectivity index (χ0v) is 19.7. The fourth-order valence-electron chi connectivity index (χ4n) is 4.40. The molecule has 10 heteroatoms. The topological polar surface area (TPSA) is 69.7 Å². The Hall–Kier alpha value is -2.43. The van der Waals surface area contributed by atoms with E-state index in [1.165, 1.54) is 12.1 Å². The van der Waals surface area contributed by atoms with E-state index in [1.54, 1.807) is 22.5 Å². The number of nitrogens with one attached hydrogen (secondary N) is 1. The molecule has 1 heterocycles. The van der Waals surface area contributed by atoms with Crippen LogP contribution in [0.3, 0.4) is 0 Å². The standard InChI is InChI=1S/C24H28F3N3O3S/c1-17-3-2-4-22(15-17)34(32,33)30(20-9-10-20)21-11-13-29(14-12-21)16-23(31)28-19-7-5-18(6-8-19)24(25,26)27/h2-8,15,20-21H,9-14,16H2,1H3,(H,28,31). The van der Waals surface area contributed by atoms with Crippen molar-refractivity contribution in [3.05, 3.63) is 59.7 Å². The van der Waals surface area contributed by atoms with Gasteiger partial charge in [0.05, 0.1) is 17.0 Å². The molecule has 184 valence electrons. The number of nitrogens with zero attached hydrogens (tertiary/aromatic N) is 2. The summed E-state index contributed by atoms with van der Waals surface area (Å²) < 4.78 is 66.5. The Morgan fingerprint density at radius 1 is 1.03 bits per heavy atom. The Balaban J connectivity index is 1.33. The molecular formula is C24H28F3N3O3S. The van der Waals surface area contributed by atoms with Crippen LogP contribution in [-0.4, -0.2) is 55.2 Å². The number of carbonyl (C=O) groups excluding carboxylic acids is 1. The Morgan fingerprint density at radius 3 is 2.21 bits per heavy atom. The molecule has 34 heavy (non-hydrogen) atoms. The number of hydrogen-bond donors (Lipinski definition) is 1. The highest BCUT2D eigenvalue weighted by molar-refractivity contribution is 7.89. The molecule has 0 bridgehead atoms. The molecule has 6 nitrogen and oxygen atoms in total. The van der Waals surface area contributed by atoms with Crippen molar-refractivity contribution in [2.45, 2.75) is 55.8 Å². The monoisotopic (exact) mass is 495 g/mol. The van der Waals surface area contributed by atoms with Crippen LogP contribution in [0.1, 0.15) is 36.8 Å². The second-order valence-electron chi connectivity index (χ2n) is 9.01. The molecule has 2 aromatic rings. The molecule has 1 aliphatic carbocycles. The third kappa shape index (κ3) is 5.79. The zero-order chi connectivity index (χ0) is 24.5. The number of likely N-dealkylation sites (tertiary alicyclic amines) is 1. The van der Waals surface area contributed by atoms with Gasteiger partial charge in [0, 0.05) is 30.9 Å². The lowest BCUT2D eigenvalue weighted by Crippen LogP contribution is -2.49. The van der Waals surface area contributed by atoms with Gasteiger partial charge in [0.1, 0.15) is 0 Å². The van der Waals surface area contributed by atoms with Crippen LogP contribution < -0.4 is 5.32 Å². The fraction of sp³-hybridized carbons (Fsp3) is 0.458. The van der Waals surface area contributed by atoms with E-state index in [1.807, 2.05) is 17.9 Å². The second-order valence-corrected chi connectivity index (χ2v) is 10.9. The van der Waals surface area contributed by atoms with Crippen molar-refractivity contribution in [3.8, 4) is 0 Å². The number of carbonyl (C=O) groups is 1. The molecule has 0 atom stereocenters. The number of hydrogen-bond acceptors (Lipinski definition) is 4. The second kappa shape index (κ2) is 9.67. The first kappa shape index (κ1) is 24.7. The summed E-state index contributed by atoms with van der Waals surface area (Å²) in [5.74, 6) is -0.315. The Kier molecular flexibility index (Phi) is 7.02. The molecule has 2 aromatic carbocycles. The van der Waals surface area contributed by atoms with E-state index in [9.17, 15) is 26.4 Å². The number of aryl methyl sites for hydroxylation is 1. The molecule has 2 aliphatic rings. The summed E-state index contributed by atoms with van der Waals surface area (Å²) in [4.78, 5) is 14.7. The summed E-state index contributed by atoms with van der Waals surface area (Å²) in [6, 6.07) is 11.2. The quantitative estimate of drug-likeness (QED) is 0.623. The highest BCUT2D eigenvalue weighted by atomic mass is 32.2. The van der Waals surface area contributed by atoms with Crippen LogP contribution in [0.15, 0.2) is 53.4 Å². The lowest BCUT2D eigenvalue weighted by Gasteiger charge is -2.37. The molecular weight excluding hydrogens is 467 g/mol.